The van der Waals surface area contributed by atoms with Crippen LogP contribution in [-0.4, -0.2) is 36.4 Å². The lowest BCUT2D eigenvalue weighted by molar-refractivity contribution is -0.385. The Hall–Kier alpha value is -2.37. The maximum Gasteiger partial charge on any atom is 0.274 e. The second kappa shape index (κ2) is 8.73. The Morgan fingerprint density at radius 1 is 1.52 bits per heavy atom. The van der Waals surface area contributed by atoms with E-state index in [0.29, 0.717) is 12.1 Å². The van der Waals surface area contributed by atoms with Crippen LogP contribution in [0.2, 0.25) is 0 Å². The number of allylic oxidation sites excluding steroid dienone is 1. The van der Waals surface area contributed by atoms with E-state index in [0.717, 1.165) is 25.3 Å². The highest BCUT2D eigenvalue weighted by Crippen LogP contribution is 2.17. The van der Waals surface area contributed by atoms with E-state index in [1.807, 2.05) is 18.0 Å². The summed E-state index contributed by atoms with van der Waals surface area (Å²) in [5.74, 6) is 0.720. The highest BCUT2D eigenvalue weighted by molar-refractivity contribution is 5.79. The molecule has 0 atom stereocenters. The molecule has 1 rings (SSSR count). The van der Waals surface area contributed by atoms with E-state index in [9.17, 15) is 10.1 Å². The van der Waals surface area contributed by atoms with Crippen molar-refractivity contribution in [2.75, 3.05) is 20.6 Å². The van der Waals surface area contributed by atoms with Crippen LogP contribution in [0.15, 0.2) is 41.9 Å². The average Bonchev–Trinajstić information content (AvgIpc) is 2.48. The highest BCUT2D eigenvalue weighted by atomic mass is 16.6. The van der Waals surface area contributed by atoms with Crippen LogP contribution < -0.4 is 5.32 Å². The summed E-state index contributed by atoms with van der Waals surface area (Å²) in [6.45, 7) is 4.92. The van der Waals surface area contributed by atoms with Crippen LogP contribution in [0.5, 0.6) is 0 Å². The molecule has 0 fully saturated rings. The number of hydrogen-bond donors (Lipinski definition) is 1. The molecule has 6 nitrogen and oxygen atoms in total. The van der Waals surface area contributed by atoms with Gasteiger partial charge in [0.25, 0.3) is 5.69 Å². The first-order valence-corrected chi connectivity index (χ1v) is 6.85. The van der Waals surface area contributed by atoms with Crippen LogP contribution in [0.4, 0.5) is 5.69 Å². The van der Waals surface area contributed by atoms with Crippen LogP contribution in [0.3, 0.4) is 0 Å². The number of para-hydroxylation sites is 1. The minimum absolute atomic E-state index is 0.120. The molecular formula is C15H22N4O2. The quantitative estimate of drug-likeness (QED) is 0.209. The van der Waals surface area contributed by atoms with Crippen molar-refractivity contribution in [1.82, 2.24) is 10.2 Å². The fraction of sp³-hybridized carbons (Fsp3) is 0.400. The summed E-state index contributed by atoms with van der Waals surface area (Å²) in [7, 11) is 3.64. The topological polar surface area (TPSA) is 70.8 Å². The van der Waals surface area contributed by atoms with E-state index >= 15 is 0 Å². The van der Waals surface area contributed by atoms with E-state index < -0.39 is 0 Å². The van der Waals surface area contributed by atoms with Crippen molar-refractivity contribution in [3.05, 3.63) is 52.6 Å². The van der Waals surface area contributed by atoms with E-state index in [-0.39, 0.29) is 10.6 Å². The molecule has 114 valence electrons. The summed E-state index contributed by atoms with van der Waals surface area (Å²) in [5.41, 5.74) is 0.762. The predicted molar refractivity (Wildman–Crippen MR) is 85.4 cm³/mol. The maximum atomic E-state index is 11.0. The number of guanidine groups is 1. The number of nitrogens with one attached hydrogen (secondary N) is 1. The summed E-state index contributed by atoms with van der Waals surface area (Å²) in [4.78, 5) is 16.8. The molecule has 0 spiro atoms. The number of nitro groups is 1. The molecule has 0 bridgehead atoms. The first kappa shape index (κ1) is 16.7. The molecule has 0 aliphatic heterocycles. The lowest BCUT2D eigenvalue weighted by Crippen LogP contribution is -2.39. The van der Waals surface area contributed by atoms with Crippen LogP contribution in [0, 0.1) is 10.1 Å². The molecule has 1 N–H and O–H groups in total. The Labute approximate surface area is 125 Å². The van der Waals surface area contributed by atoms with Crippen LogP contribution >= 0.6 is 0 Å². The van der Waals surface area contributed by atoms with Crippen LogP contribution in [0.25, 0.3) is 0 Å². The zero-order valence-electron chi connectivity index (χ0n) is 12.6. The minimum atomic E-state index is -0.367. The first-order valence-electron chi connectivity index (χ1n) is 6.85. The van der Waals surface area contributed by atoms with Gasteiger partial charge >= 0.3 is 0 Å². The molecule has 1 aromatic rings. The van der Waals surface area contributed by atoms with Gasteiger partial charge in [0.1, 0.15) is 0 Å². The SMILES string of the molecule is C=CCCCN(C)C(=NC)NCc1ccccc1[N+](=O)[O-]. The Bertz CT molecular complexity index is 514. The van der Waals surface area contributed by atoms with Gasteiger partial charge in [-0.2, -0.15) is 0 Å². The van der Waals surface area contributed by atoms with E-state index in [1.165, 1.54) is 6.07 Å². The summed E-state index contributed by atoms with van der Waals surface area (Å²) in [6, 6.07) is 6.71. The van der Waals surface area contributed by atoms with Crippen molar-refractivity contribution in [3.8, 4) is 0 Å². The number of hydrogen-bond acceptors (Lipinski definition) is 3. The normalized spacial score (nSPS) is 11.0. The van der Waals surface area contributed by atoms with E-state index in [2.05, 4.69) is 16.9 Å². The van der Waals surface area contributed by atoms with Crippen LogP contribution in [0.1, 0.15) is 18.4 Å². The van der Waals surface area contributed by atoms with Gasteiger partial charge < -0.3 is 10.2 Å². The Balaban J connectivity index is 2.64. The first-order chi connectivity index (χ1) is 10.1. The van der Waals surface area contributed by atoms with Gasteiger partial charge in [-0.3, -0.25) is 15.1 Å². The lowest BCUT2D eigenvalue weighted by Gasteiger charge is -2.21. The second-order valence-electron chi connectivity index (χ2n) is 4.64. The van der Waals surface area contributed by atoms with Crippen molar-refractivity contribution in [1.29, 1.82) is 0 Å². The standard InChI is InChI=1S/C15H22N4O2/c1-4-5-8-11-18(3)15(16-2)17-12-13-9-6-7-10-14(13)19(20)21/h4,6-7,9-10H,1,5,8,11-12H2,2-3H3,(H,16,17). The number of rotatable bonds is 7. The van der Waals surface area contributed by atoms with Crippen molar-refractivity contribution >= 4 is 11.6 Å². The Morgan fingerprint density at radius 3 is 2.86 bits per heavy atom. The number of nitro benzene ring substituents is 1. The third kappa shape index (κ3) is 5.25. The molecule has 0 saturated heterocycles. The van der Waals surface area contributed by atoms with E-state index in [1.54, 1.807) is 25.2 Å². The summed E-state index contributed by atoms with van der Waals surface area (Å²) in [5, 5.41) is 14.1. The molecule has 0 aromatic heterocycles. The van der Waals surface area contributed by atoms with Gasteiger partial charge in [-0.25, -0.2) is 0 Å². The molecule has 0 aliphatic carbocycles. The molecule has 0 unspecified atom stereocenters. The van der Waals surface area contributed by atoms with Gasteiger partial charge in [0.05, 0.1) is 4.92 Å². The van der Waals surface area contributed by atoms with Crippen molar-refractivity contribution in [2.45, 2.75) is 19.4 Å². The third-order valence-electron chi connectivity index (χ3n) is 3.10. The maximum absolute atomic E-state index is 11.0. The summed E-state index contributed by atoms with van der Waals surface area (Å²) in [6.07, 6.45) is 3.83. The number of nitrogens with zero attached hydrogens (tertiary/aromatic N) is 3. The zero-order chi connectivity index (χ0) is 15.7. The van der Waals surface area contributed by atoms with Gasteiger partial charge in [-0.05, 0) is 12.8 Å². The third-order valence-corrected chi connectivity index (χ3v) is 3.10. The molecular weight excluding hydrogens is 268 g/mol. The highest BCUT2D eigenvalue weighted by Gasteiger charge is 2.13. The number of aliphatic imine (C=N–C) groups is 1. The van der Waals surface area contributed by atoms with Gasteiger partial charge in [-0.15, -0.1) is 6.58 Å². The fourth-order valence-electron chi connectivity index (χ4n) is 1.98. The molecule has 0 saturated carbocycles. The molecule has 1 aromatic carbocycles. The van der Waals surface area contributed by atoms with Crippen molar-refractivity contribution in [3.63, 3.8) is 0 Å². The smallest absolute Gasteiger partial charge is 0.274 e. The van der Waals surface area contributed by atoms with Gasteiger partial charge in [-0.1, -0.05) is 24.3 Å². The largest absolute Gasteiger partial charge is 0.352 e. The minimum Gasteiger partial charge on any atom is -0.352 e. The zero-order valence-corrected chi connectivity index (χ0v) is 12.6. The van der Waals surface area contributed by atoms with Crippen LogP contribution in [-0.2, 0) is 6.54 Å². The van der Waals surface area contributed by atoms with Gasteiger partial charge in [0.15, 0.2) is 5.96 Å². The van der Waals surface area contributed by atoms with Crippen molar-refractivity contribution in [2.24, 2.45) is 4.99 Å². The summed E-state index contributed by atoms with van der Waals surface area (Å²) >= 11 is 0. The lowest BCUT2D eigenvalue weighted by atomic mass is 10.2. The second-order valence-corrected chi connectivity index (χ2v) is 4.64. The monoisotopic (exact) mass is 290 g/mol. The van der Waals surface area contributed by atoms with Gasteiger partial charge in [0, 0.05) is 38.8 Å². The summed E-state index contributed by atoms with van der Waals surface area (Å²) < 4.78 is 0. The fourth-order valence-corrected chi connectivity index (χ4v) is 1.98. The van der Waals surface area contributed by atoms with Crippen molar-refractivity contribution < 1.29 is 4.92 Å². The Morgan fingerprint density at radius 2 is 2.24 bits per heavy atom. The molecule has 21 heavy (non-hydrogen) atoms. The molecule has 0 heterocycles. The number of unbranched alkanes of at least 4 members (excludes halogenated alkanes) is 1. The average molecular weight is 290 g/mol. The molecule has 0 amide bonds. The predicted octanol–water partition coefficient (Wildman–Crippen LogP) is 2.57. The van der Waals surface area contributed by atoms with E-state index in [4.69, 9.17) is 0 Å². The number of benzene rings is 1. The molecule has 0 radical (unpaired) electrons. The Kier molecular flexibility index (Phi) is 6.94. The molecule has 6 heteroatoms. The van der Waals surface area contributed by atoms with Gasteiger partial charge in [0.2, 0.25) is 0 Å². The molecule has 0 aliphatic rings.